The van der Waals surface area contributed by atoms with E-state index in [1.165, 1.54) is 7.11 Å². The zero-order valence-electron chi connectivity index (χ0n) is 23.2. The first-order valence-electron chi connectivity index (χ1n) is 13.1. The van der Waals surface area contributed by atoms with Crippen molar-refractivity contribution in [3.8, 4) is 12.3 Å². The fourth-order valence-corrected chi connectivity index (χ4v) is 4.72. The number of esters is 1. The van der Waals surface area contributed by atoms with Crippen molar-refractivity contribution in [3.05, 3.63) is 119 Å². The number of hydrogen-bond acceptors (Lipinski definition) is 6. The number of likely N-dealkylation sites (tertiary alicyclic amines) is 1. The minimum Gasteiger partial charge on any atom is -0.448 e. The molecule has 0 saturated carbocycles. The van der Waals surface area contributed by atoms with Crippen LogP contribution >= 0.6 is 0 Å². The van der Waals surface area contributed by atoms with Crippen LogP contribution in [0.4, 0.5) is 0 Å². The first-order chi connectivity index (χ1) is 19.8. The van der Waals surface area contributed by atoms with Crippen LogP contribution in [0.3, 0.4) is 0 Å². The van der Waals surface area contributed by atoms with Crippen LogP contribution in [0, 0.1) is 12.3 Å². The molecule has 0 aromatic heterocycles. The van der Waals surface area contributed by atoms with Crippen molar-refractivity contribution < 1.29 is 28.6 Å². The fraction of sp³-hybridized carbons (Fsp3) is 0.242. The van der Waals surface area contributed by atoms with Gasteiger partial charge in [0.1, 0.15) is 12.3 Å². The Hall–Kier alpha value is -4.71. The maximum Gasteiger partial charge on any atom is 0.356 e. The van der Waals surface area contributed by atoms with E-state index < -0.39 is 35.8 Å². The van der Waals surface area contributed by atoms with Gasteiger partial charge in [0, 0.05) is 7.11 Å². The number of ether oxygens (including phenoxy) is 3. The van der Waals surface area contributed by atoms with Crippen LogP contribution in [0.2, 0.25) is 0 Å². The molecule has 2 amide bonds. The Morgan fingerprint density at radius 1 is 0.951 bits per heavy atom. The van der Waals surface area contributed by atoms with Gasteiger partial charge in [-0.15, -0.1) is 6.42 Å². The van der Waals surface area contributed by atoms with Crippen molar-refractivity contribution in [2.45, 2.75) is 38.3 Å². The second-order valence-electron chi connectivity index (χ2n) is 9.65. The zero-order valence-corrected chi connectivity index (χ0v) is 23.2. The molecule has 2 atom stereocenters. The molecular weight excluding hydrogens is 520 g/mol. The van der Waals surface area contributed by atoms with Crippen LogP contribution in [0.15, 0.2) is 102 Å². The van der Waals surface area contributed by atoms with Gasteiger partial charge in [0.2, 0.25) is 5.91 Å². The Balaban J connectivity index is 1.63. The highest BCUT2D eigenvalue weighted by Crippen LogP contribution is 2.39. The van der Waals surface area contributed by atoms with E-state index in [0.717, 1.165) is 21.6 Å². The van der Waals surface area contributed by atoms with Crippen LogP contribution in [0.1, 0.15) is 36.6 Å². The van der Waals surface area contributed by atoms with Crippen LogP contribution in [-0.4, -0.2) is 48.4 Å². The summed E-state index contributed by atoms with van der Waals surface area (Å²) in [4.78, 5) is 41.7. The number of methoxy groups -OCH3 is 1. The van der Waals surface area contributed by atoms with Gasteiger partial charge < -0.3 is 19.5 Å². The minimum absolute atomic E-state index is 0.00840. The van der Waals surface area contributed by atoms with Gasteiger partial charge in [0.15, 0.2) is 12.3 Å². The summed E-state index contributed by atoms with van der Waals surface area (Å²) in [5, 5.41) is 2.67. The monoisotopic (exact) mass is 552 g/mol. The van der Waals surface area contributed by atoms with E-state index in [1.807, 2.05) is 78.9 Å². The summed E-state index contributed by atoms with van der Waals surface area (Å²) in [5.74, 6) is 0.474. The third-order valence-corrected chi connectivity index (χ3v) is 6.64. The summed E-state index contributed by atoms with van der Waals surface area (Å²) in [7, 11) is 1.28. The van der Waals surface area contributed by atoms with Gasteiger partial charge >= 0.3 is 5.97 Å². The fourth-order valence-electron chi connectivity index (χ4n) is 4.72. The van der Waals surface area contributed by atoms with Gasteiger partial charge in [0.25, 0.3) is 11.6 Å². The Bertz CT molecular complexity index is 1410. The number of rotatable bonds is 11. The number of carbonyl (C=O) groups is 3. The maximum atomic E-state index is 13.8. The lowest BCUT2D eigenvalue weighted by molar-refractivity contribution is -0.252. The van der Waals surface area contributed by atoms with Gasteiger partial charge in [-0.05, 0) is 36.1 Å². The molecule has 0 spiro atoms. The molecule has 1 fully saturated rings. The standard InChI is InChI=1S/C33H32N2O6/c1-5-21-40-32-33(39-4,34-27(36)22-24-15-9-6-10-16-24)31(38)35(32)28(23(2)3)30(37)41-29(25-17-11-7-12-18-25)26-19-13-8-14-20-26/h1,6-20,29,32H,21-22H2,2-4H3,(H,34,36)/t32-,33+/m1/s1. The van der Waals surface area contributed by atoms with Crippen LogP contribution in [-0.2, 0) is 35.0 Å². The Kier molecular flexibility index (Phi) is 9.35. The van der Waals surface area contributed by atoms with Crippen molar-refractivity contribution in [2.75, 3.05) is 13.7 Å². The molecule has 3 aromatic carbocycles. The molecule has 4 rings (SSSR count). The lowest BCUT2D eigenvalue weighted by atomic mass is 9.95. The average Bonchev–Trinajstić information content (AvgIpc) is 2.99. The second kappa shape index (κ2) is 13.1. The summed E-state index contributed by atoms with van der Waals surface area (Å²) in [6.45, 7) is 3.17. The lowest BCUT2D eigenvalue weighted by Gasteiger charge is -2.53. The molecule has 1 N–H and O–H groups in total. The first-order valence-corrected chi connectivity index (χ1v) is 13.1. The molecule has 0 bridgehead atoms. The van der Waals surface area contributed by atoms with Gasteiger partial charge in [-0.1, -0.05) is 96.9 Å². The molecule has 0 radical (unpaired) electrons. The van der Waals surface area contributed by atoms with E-state index in [0.29, 0.717) is 5.57 Å². The average molecular weight is 553 g/mol. The van der Waals surface area contributed by atoms with E-state index >= 15 is 0 Å². The quantitative estimate of drug-likeness (QED) is 0.126. The molecule has 210 valence electrons. The van der Waals surface area contributed by atoms with Gasteiger partial charge in [0.05, 0.1) is 6.42 Å². The van der Waals surface area contributed by atoms with Gasteiger partial charge in [-0.2, -0.15) is 0 Å². The van der Waals surface area contributed by atoms with Crippen molar-refractivity contribution in [3.63, 3.8) is 0 Å². The molecule has 1 heterocycles. The molecule has 8 nitrogen and oxygen atoms in total. The number of nitrogens with one attached hydrogen (secondary N) is 1. The number of hydrogen-bond donors (Lipinski definition) is 1. The molecule has 3 aromatic rings. The van der Waals surface area contributed by atoms with Crippen molar-refractivity contribution in [1.29, 1.82) is 0 Å². The molecular formula is C33H32N2O6. The molecule has 0 unspecified atom stereocenters. The summed E-state index contributed by atoms with van der Waals surface area (Å²) in [6.07, 6.45) is 3.50. The van der Waals surface area contributed by atoms with E-state index in [-0.39, 0.29) is 18.7 Å². The smallest absolute Gasteiger partial charge is 0.356 e. The predicted octanol–water partition coefficient (Wildman–Crippen LogP) is 4.13. The number of terminal acetylenes is 1. The number of nitrogens with zero attached hydrogens (tertiary/aromatic N) is 1. The van der Waals surface area contributed by atoms with E-state index in [1.54, 1.807) is 26.0 Å². The van der Waals surface area contributed by atoms with E-state index in [9.17, 15) is 14.4 Å². The molecule has 41 heavy (non-hydrogen) atoms. The molecule has 8 heteroatoms. The summed E-state index contributed by atoms with van der Waals surface area (Å²) in [5.41, 5.74) is 0.852. The lowest BCUT2D eigenvalue weighted by Crippen LogP contribution is -2.81. The van der Waals surface area contributed by atoms with E-state index in [4.69, 9.17) is 20.6 Å². The molecule has 1 aliphatic heterocycles. The second-order valence-corrected chi connectivity index (χ2v) is 9.65. The number of β-lactam (4-membered cyclic amide) rings is 1. The zero-order chi connectivity index (χ0) is 29.4. The number of benzene rings is 3. The van der Waals surface area contributed by atoms with Gasteiger partial charge in [-0.25, -0.2) is 4.79 Å². The normalized spacial score (nSPS) is 17.8. The third-order valence-electron chi connectivity index (χ3n) is 6.64. The van der Waals surface area contributed by atoms with E-state index in [2.05, 4.69) is 11.2 Å². The largest absolute Gasteiger partial charge is 0.448 e. The minimum atomic E-state index is -1.89. The summed E-state index contributed by atoms with van der Waals surface area (Å²) >= 11 is 0. The molecule has 0 aliphatic carbocycles. The number of carbonyl (C=O) groups excluding carboxylic acids is 3. The van der Waals surface area contributed by atoms with Crippen LogP contribution in [0.25, 0.3) is 0 Å². The molecule has 1 saturated heterocycles. The van der Waals surface area contributed by atoms with Crippen molar-refractivity contribution >= 4 is 17.8 Å². The van der Waals surface area contributed by atoms with Crippen LogP contribution < -0.4 is 5.32 Å². The Morgan fingerprint density at radius 2 is 1.49 bits per heavy atom. The predicted molar refractivity (Wildman–Crippen MR) is 153 cm³/mol. The SMILES string of the molecule is C#CCO[C@H]1N(C(C(=O)OC(c2ccccc2)c2ccccc2)=C(C)C)C(=O)[C@]1(NC(=O)Cc1ccccc1)OC. The first kappa shape index (κ1) is 29.3. The third kappa shape index (κ3) is 6.22. The summed E-state index contributed by atoms with van der Waals surface area (Å²) in [6, 6.07) is 27.7. The van der Waals surface area contributed by atoms with Crippen LogP contribution in [0.5, 0.6) is 0 Å². The molecule has 1 aliphatic rings. The highest BCUT2D eigenvalue weighted by atomic mass is 16.6. The number of allylic oxidation sites excluding steroid dienone is 1. The number of amides is 2. The highest BCUT2D eigenvalue weighted by Gasteiger charge is 2.66. The Labute approximate surface area is 239 Å². The highest BCUT2D eigenvalue weighted by molar-refractivity contribution is 6.03. The summed E-state index contributed by atoms with van der Waals surface area (Å²) < 4.78 is 17.4. The maximum absolute atomic E-state index is 13.8. The topological polar surface area (TPSA) is 94.2 Å². The van der Waals surface area contributed by atoms with Crippen molar-refractivity contribution in [2.24, 2.45) is 0 Å². The van der Waals surface area contributed by atoms with Crippen molar-refractivity contribution in [1.82, 2.24) is 10.2 Å². The van der Waals surface area contributed by atoms with Gasteiger partial charge in [-0.3, -0.25) is 14.5 Å². The Morgan fingerprint density at radius 3 is 1.98 bits per heavy atom.